The van der Waals surface area contributed by atoms with Gasteiger partial charge >= 0.3 is 0 Å². The number of aromatic nitrogens is 2. The molecule has 2 heterocycles. The second kappa shape index (κ2) is 10.5. The van der Waals surface area contributed by atoms with Gasteiger partial charge in [-0.3, -0.25) is 0 Å². The smallest absolute Gasteiger partial charge is 0.171 e. The second-order valence-electron chi connectivity index (χ2n) is 8.56. The Kier molecular flexibility index (Phi) is 7.24. The van der Waals surface area contributed by atoms with Gasteiger partial charge in [-0.1, -0.05) is 54.2 Å². The van der Waals surface area contributed by atoms with Gasteiger partial charge in [0.15, 0.2) is 5.16 Å². The van der Waals surface area contributed by atoms with Crippen LogP contribution in [0.15, 0.2) is 71.9 Å². The van der Waals surface area contributed by atoms with Gasteiger partial charge in [0.25, 0.3) is 0 Å². The van der Waals surface area contributed by atoms with E-state index in [-0.39, 0.29) is 0 Å². The molecule has 4 aromatic rings. The molecular formula is C26H28N2O6S. The number of rotatable bonds is 8. The summed E-state index contributed by atoms with van der Waals surface area (Å²) in [5, 5.41) is 43.1. The predicted octanol–water partition coefficient (Wildman–Crippen LogP) is 2.55. The molecule has 35 heavy (non-hydrogen) atoms. The Balaban J connectivity index is 1.29. The van der Waals surface area contributed by atoms with Crippen LogP contribution in [0.3, 0.4) is 0 Å². The molecule has 9 heteroatoms. The quantitative estimate of drug-likeness (QED) is 0.275. The van der Waals surface area contributed by atoms with Crippen molar-refractivity contribution in [2.45, 2.75) is 48.0 Å². The highest BCUT2D eigenvalue weighted by Gasteiger charge is 2.44. The van der Waals surface area contributed by atoms with Crippen LogP contribution < -0.4 is 4.74 Å². The molecule has 3 aromatic carbocycles. The zero-order chi connectivity index (χ0) is 24.4. The number of aryl methyl sites for hydroxylation is 1. The van der Waals surface area contributed by atoms with E-state index >= 15 is 0 Å². The third kappa shape index (κ3) is 5.02. The molecule has 0 aliphatic carbocycles. The molecule has 1 saturated heterocycles. The monoisotopic (exact) mass is 496 g/mol. The minimum absolute atomic E-state index is 0.468. The first-order valence-electron chi connectivity index (χ1n) is 11.6. The van der Waals surface area contributed by atoms with E-state index in [0.29, 0.717) is 18.3 Å². The van der Waals surface area contributed by atoms with Crippen molar-refractivity contribution in [3.8, 4) is 5.75 Å². The van der Waals surface area contributed by atoms with Crippen molar-refractivity contribution in [1.29, 1.82) is 0 Å². The number of hydrogen-bond donors (Lipinski definition) is 4. The summed E-state index contributed by atoms with van der Waals surface area (Å²) in [6, 6.07) is 21.9. The molecule has 1 aliphatic rings. The molecule has 1 aliphatic heterocycles. The molecule has 1 fully saturated rings. The summed E-state index contributed by atoms with van der Waals surface area (Å²) in [6.45, 7) is 0.660. The van der Waals surface area contributed by atoms with Gasteiger partial charge in [-0.25, -0.2) is 4.98 Å². The second-order valence-corrected chi connectivity index (χ2v) is 9.63. The summed E-state index contributed by atoms with van der Waals surface area (Å²) in [5.41, 5.74) is 0.843. The number of benzene rings is 3. The van der Waals surface area contributed by atoms with Crippen LogP contribution in [0, 0.1) is 0 Å². The maximum absolute atomic E-state index is 10.5. The molecule has 0 radical (unpaired) electrons. The summed E-state index contributed by atoms with van der Waals surface area (Å²) in [5.74, 6) is 0.815. The highest BCUT2D eigenvalue weighted by atomic mass is 32.2. The summed E-state index contributed by atoms with van der Waals surface area (Å²) in [4.78, 5) is 4.69. The Morgan fingerprint density at radius 3 is 2.51 bits per heavy atom. The molecule has 5 atom stereocenters. The Hall–Kier alpha value is -2.66. The van der Waals surface area contributed by atoms with Gasteiger partial charge in [0.2, 0.25) is 0 Å². The van der Waals surface area contributed by atoms with E-state index in [2.05, 4.69) is 12.1 Å². The lowest BCUT2D eigenvalue weighted by Crippen LogP contribution is -2.57. The van der Waals surface area contributed by atoms with Gasteiger partial charge in [0.05, 0.1) is 24.2 Å². The molecular weight excluding hydrogens is 468 g/mol. The normalized spacial score (nSPS) is 24.7. The van der Waals surface area contributed by atoms with E-state index in [1.807, 2.05) is 59.2 Å². The van der Waals surface area contributed by atoms with E-state index in [1.54, 1.807) is 0 Å². The average molecular weight is 497 g/mol. The number of para-hydroxylation sites is 2. The largest absolute Gasteiger partial charge is 0.494 e. The van der Waals surface area contributed by atoms with Gasteiger partial charge in [0.1, 0.15) is 35.6 Å². The van der Waals surface area contributed by atoms with E-state index < -0.39 is 36.5 Å². The number of nitrogens with zero attached hydrogens (tertiary/aromatic N) is 2. The van der Waals surface area contributed by atoms with Gasteiger partial charge in [-0.2, -0.15) is 0 Å². The number of ether oxygens (including phenoxy) is 2. The fraction of sp³-hybridized carbons (Fsp3) is 0.346. The minimum atomic E-state index is -1.42. The average Bonchev–Trinajstić information content (AvgIpc) is 3.23. The number of fused-ring (bicyclic) bond motifs is 2. The van der Waals surface area contributed by atoms with Crippen molar-refractivity contribution in [2.75, 3.05) is 13.2 Å². The highest BCUT2D eigenvalue weighted by Crippen LogP contribution is 2.34. The SMILES string of the molecule is OCC1OC(Sc2nc3ccccc3n2CCCOc2ccc3ccccc3c2)C(O)C(O)C1O. The first-order valence-corrected chi connectivity index (χ1v) is 12.5. The summed E-state index contributed by atoms with van der Waals surface area (Å²) in [7, 11) is 0. The Labute approximate surface area is 206 Å². The molecule has 0 saturated carbocycles. The molecule has 8 nitrogen and oxygen atoms in total. The van der Waals surface area contributed by atoms with Crippen LogP contribution in [-0.2, 0) is 11.3 Å². The number of aliphatic hydroxyl groups excluding tert-OH is 4. The van der Waals surface area contributed by atoms with E-state index in [1.165, 1.54) is 5.39 Å². The van der Waals surface area contributed by atoms with Crippen LogP contribution in [0.5, 0.6) is 5.75 Å². The fourth-order valence-corrected chi connectivity index (χ4v) is 5.47. The van der Waals surface area contributed by atoms with Crippen LogP contribution in [0.2, 0.25) is 0 Å². The number of imidazole rings is 1. The number of aliphatic hydroxyl groups is 4. The van der Waals surface area contributed by atoms with Gasteiger partial charge in [-0.15, -0.1) is 0 Å². The Morgan fingerprint density at radius 2 is 1.69 bits per heavy atom. The first kappa shape index (κ1) is 24.1. The van der Waals surface area contributed by atoms with Crippen molar-refractivity contribution in [1.82, 2.24) is 9.55 Å². The van der Waals surface area contributed by atoms with Crippen LogP contribution in [0.4, 0.5) is 0 Å². The molecule has 0 spiro atoms. The summed E-state index contributed by atoms with van der Waals surface area (Å²) < 4.78 is 13.7. The van der Waals surface area contributed by atoms with Gasteiger partial charge in [-0.05, 0) is 41.5 Å². The minimum Gasteiger partial charge on any atom is -0.494 e. The van der Waals surface area contributed by atoms with Crippen LogP contribution in [0.25, 0.3) is 21.8 Å². The third-order valence-electron chi connectivity index (χ3n) is 6.21. The van der Waals surface area contributed by atoms with Crippen molar-refractivity contribution in [2.24, 2.45) is 0 Å². The molecule has 4 N–H and O–H groups in total. The van der Waals surface area contributed by atoms with E-state index in [4.69, 9.17) is 14.5 Å². The maximum atomic E-state index is 10.5. The molecule has 1 aromatic heterocycles. The molecule has 5 unspecified atom stereocenters. The van der Waals surface area contributed by atoms with Gasteiger partial charge in [0, 0.05) is 6.54 Å². The standard InChI is InChI=1S/C26H28N2O6S/c29-15-21-22(30)23(31)24(32)25(34-21)35-26-27-19-8-3-4-9-20(19)28(26)12-5-13-33-18-11-10-16-6-1-2-7-17(16)14-18/h1-4,6-11,14,21-25,29-32H,5,12-13,15H2. The summed E-state index contributed by atoms with van der Waals surface area (Å²) >= 11 is 1.16. The lowest BCUT2D eigenvalue weighted by molar-refractivity contribution is -0.205. The highest BCUT2D eigenvalue weighted by molar-refractivity contribution is 7.99. The molecule has 184 valence electrons. The zero-order valence-electron chi connectivity index (χ0n) is 19.0. The lowest BCUT2D eigenvalue weighted by Gasteiger charge is -2.39. The van der Waals surface area contributed by atoms with E-state index in [0.717, 1.165) is 40.4 Å². The van der Waals surface area contributed by atoms with Crippen molar-refractivity contribution < 1.29 is 29.9 Å². The van der Waals surface area contributed by atoms with Crippen molar-refractivity contribution in [3.63, 3.8) is 0 Å². The maximum Gasteiger partial charge on any atom is 0.171 e. The topological polar surface area (TPSA) is 117 Å². The van der Waals surface area contributed by atoms with Crippen molar-refractivity contribution >= 4 is 33.6 Å². The summed E-state index contributed by atoms with van der Waals surface area (Å²) in [6.07, 6.45) is -4.39. The van der Waals surface area contributed by atoms with Gasteiger partial charge < -0.3 is 34.5 Å². The number of hydrogen-bond acceptors (Lipinski definition) is 8. The van der Waals surface area contributed by atoms with Crippen molar-refractivity contribution in [3.05, 3.63) is 66.7 Å². The van der Waals surface area contributed by atoms with Crippen LogP contribution in [0.1, 0.15) is 6.42 Å². The fourth-order valence-electron chi connectivity index (χ4n) is 4.30. The lowest BCUT2D eigenvalue weighted by atomic mass is 10.0. The van der Waals surface area contributed by atoms with Crippen LogP contribution >= 0.6 is 11.8 Å². The number of thioether (sulfide) groups is 1. The Morgan fingerprint density at radius 1 is 0.914 bits per heavy atom. The molecule has 5 rings (SSSR count). The molecule has 0 bridgehead atoms. The zero-order valence-corrected chi connectivity index (χ0v) is 19.8. The van der Waals surface area contributed by atoms with Crippen LogP contribution in [-0.4, -0.2) is 73.0 Å². The molecule has 0 amide bonds. The van der Waals surface area contributed by atoms with E-state index in [9.17, 15) is 20.4 Å². The first-order chi connectivity index (χ1) is 17.0. The Bertz CT molecular complexity index is 1300. The third-order valence-corrected chi connectivity index (χ3v) is 7.35. The predicted molar refractivity (Wildman–Crippen MR) is 133 cm³/mol.